The first-order valence-electron chi connectivity index (χ1n) is 10.5. The molecule has 0 saturated heterocycles. The van der Waals surface area contributed by atoms with E-state index in [2.05, 4.69) is 0 Å². The Hall–Kier alpha value is -4.79. The molecular formula is C26H23N3O6. The van der Waals surface area contributed by atoms with Gasteiger partial charge in [0, 0.05) is 46.5 Å². The van der Waals surface area contributed by atoms with Gasteiger partial charge in [-0.2, -0.15) is 0 Å². The van der Waals surface area contributed by atoms with Gasteiger partial charge in [-0.05, 0) is 36.4 Å². The van der Waals surface area contributed by atoms with Crippen molar-refractivity contribution in [3.8, 4) is 34.1 Å². The maximum Gasteiger partial charge on any atom is 0.277 e. The molecule has 9 nitrogen and oxygen atoms in total. The molecule has 0 aliphatic heterocycles. The maximum absolute atomic E-state index is 13.8. The third-order valence-electron chi connectivity index (χ3n) is 5.56. The molecule has 3 aromatic carbocycles. The number of rotatable bonds is 8. The van der Waals surface area contributed by atoms with Gasteiger partial charge in [0.25, 0.3) is 5.69 Å². The molecule has 0 radical (unpaired) electrons. The second-order valence-electron chi connectivity index (χ2n) is 7.61. The predicted octanol–water partition coefficient (Wildman–Crippen LogP) is 4.89. The number of anilines is 1. The summed E-state index contributed by atoms with van der Waals surface area (Å²) in [5.41, 5.74) is 8.33. The van der Waals surface area contributed by atoms with Gasteiger partial charge in [0.2, 0.25) is 5.75 Å². The summed E-state index contributed by atoms with van der Waals surface area (Å²) in [5, 5.41) is 11.8. The van der Waals surface area contributed by atoms with Crippen LogP contribution in [0.2, 0.25) is 0 Å². The fraction of sp³-hybridized carbons (Fsp3) is 0.115. The third kappa shape index (κ3) is 4.39. The number of carbonyl (C=O) groups is 1. The van der Waals surface area contributed by atoms with E-state index >= 15 is 0 Å². The SMILES string of the molecule is COc1cc(C(=O)c2cn(-c3cccc(N)c3)cc2-c2ccccc2[N+](=O)[O-])cc(OC)c1OC. The van der Waals surface area contributed by atoms with Gasteiger partial charge >= 0.3 is 0 Å². The van der Waals surface area contributed by atoms with Crippen LogP contribution in [0, 0.1) is 10.1 Å². The van der Waals surface area contributed by atoms with Crippen molar-refractivity contribution < 1.29 is 23.9 Å². The van der Waals surface area contributed by atoms with Crippen LogP contribution in [0.3, 0.4) is 0 Å². The number of nitro benzene ring substituents is 1. The minimum absolute atomic E-state index is 0.114. The molecule has 0 unspecified atom stereocenters. The van der Waals surface area contributed by atoms with Crippen molar-refractivity contribution in [1.82, 2.24) is 4.57 Å². The van der Waals surface area contributed by atoms with E-state index in [4.69, 9.17) is 19.9 Å². The molecule has 0 aliphatic rings. The second-order valence-corrected chi connectivity index (χ2v) is 7.61. The maximum atomic E-state index is 13.8. The molecule has 4 rings (SSSR count). The van der Waals surface area contributed by atoms with Crippen molar-refractivity contribution in [1.29, 1.82) is 0 Å². The van der Waals surface area contributed by atoms with Crippen molar-refractivity contribution in [2.45, 2.75) is 0 Å². The highest BCUT2D eigenvalue weighted by Crippen LogP contribution is 2.40. The Labute approximate surface area is 201 Å². The lowest BCUT2D eigenvalue weighted by molar-refractivity contribution is -0.384. The molecule has 35 heavy (non-hydrogen) atoms. The van der Waals surface area contributed by atoms with Crippen LogP contribution >= 0.6 is 0 Å². The van der Waals surface area contributed by atoms with E-state index < -0.39 is 4.92 Å². The zero-order valence-electron chi connectivity index (χ0n) is 19.3. The lowest BCUT2D eigenvalue weighted by Crippen LogP contribution is -2.05. The van der Waals surface area contributed by atoms with Crippen LogP contribution < -0.4 is 19.9 Å². The summed E-state index contributed by atoms with van der Waals surface area (Å²) >= 11 is 0. The Morgan fingerprint density at radius 3 is 2.17 bits per heavy atom. The van der Waals surface area contributed by atoms with Crippen molar-refractivity contribution in [2.24, 2.45) is 0 Å². The number of nitrogen functional groups attached to an aromatic ring is 1. The summed E-state index contributed by atoms with van der Waals surface area (Å²) in [6.45, 7) is 0. The predicted molar refractivity (Wildman–Crippen MR) is 132 cm³/mol. The molecule has 178 valence electrons. The van der Waals surface area contributed by atoms with Gasteiger partial charge in [0.15, 0.2) is 17.3 Å². The molecule has 2 N–H and O–H groups in total. The smallest absolute Gasteiger partial charge is 0.277 e. The highest BCUT2D eigenvalue weighted by molar-refractivity contribution is 6.14. The number of hydrogen-bond acceptors (Lipinski definition) is 7. The number of ether oxygens (including phenoxy) is 3. The van der Waals surface area contributed by atoms with Crippen molar-refractivity contribution in [3.05, 3.63) is 94.3 Å². The molecule has 0 amide bonds. The third-order valence-corrected chi connectivity index (χ3v) is 5.56. The van der Waals surface area contributed by atoms with Gasteiger partial charge in [0.05, 0.1) is 31.8 Å². The normalized spacial score (nSPS) is 10.6. The minimum Gasteiger partial charge on any atom is -0.493 e. The number of carbonyl (C=O) groups excluding carboxylic acids is 1. The first-order valence-corrected chi connectivity index (χ1v) is 10.5. The Morgan fingerprint density at radius 2 is 1.57 bits per heavy atom. The highest BCUT2D eigenvalue weighted by Gasteiger charge is 2.25. The Balaban J connectivity index is 1.95. The Morgan fingerprint density at radius 1 is 0.886 bits per heavy atom. The zero-order valence-corrected chi connectivity index (χ0v) is 19.3. The Kier molecular flexibility index (Phi) is 6.41. The van der Waals surface area contributed by atoms with Crippen LogP contribution in [0.5, 0.6) is 17.2 Å². The second kappa shape index (κ2) is 9.60. The van der Waals surface area contributed by atoms with E-state index in [1.54, 1.807) is 65.5 Å². The summed E-state index contributed by atoms with van der Waals surface area (Å²) in [6.07, 6.45) is 3.31. The van der Waals surface area contributed by atoms with Gasteiger partial charge in [0.1, 0.15) is 0 Å². The van der Waals surface area contributed by atoms with Gasteiger partial charge in [-0.15, -0.1) is 0 Å². The molecular weight excluding hydrogens is 450 g/mol. The molecule has 0 aliphatic carbocycles. The molecule has 0 spiro atoms. The molecule has 9 heteroatoms. The topological polar surface area (TPSA) is 119 Å². The molecule has 0 bridgehead atoms. The minimum atomic E-state index is -0.471. The van der Waals surface area contributed by atoms with Crippen LogP contribution in [0.25, 0.3) is 16.8 Å². The average molecular weight is 473 g/mol. The van der Waals surface area contributed by atoms with Crippen molar-refractivity contribution in [2.75, 3.05) is 27.1 Å². The summed E-state index contributed by atoms with van der Waals surface area (Å²) in [6, 6.07) is 16.5. The van der Waals surface area contributed by atoms with Gasteiger partial charge in [-0.1, -0.05) is 18.2 Å². The highest BCUT2D eigenvalue weighted by atomic mass is 16.6. The summed E-state index contributed by atoms with van der Waals surface area (Å²) in [4.78, 5) is 25.1. The summed E-state index contributed by atoms with van der Waals surface area (Å²) < 4.78 is 17.9. The Bertz CT molecular complexity index is 1400. The average Bonchev–Trinajstić information content (AvgIpc) is 3.32. The molecule has 0 atom stereocenters. The number of methoxy groups -OCH3 is 3. The van der Waals surface area contributed by atoms with E-state index in [1.165, 1.54) is 27.4 Å². The zero-order chi connectivity index (χ0) is 25.1. The first-order chi connectivity index (χ1) is 16.9. The number of hydrogen-bond donors (Lipinski definition) is 1. The van der Waals surface area contributed by atoms with Crippen LogP contribution in [-0.4, -0.2) is 36.6 Å². The summed E-state index contributed by atoms with van der Waals surface area (Å²) in [5.74, 6) is 0.610. The number of nitro groups is 1. The molecule has 1 aromatic heterocycles. The lowest BCUT2D eigenvalue weighted by Gasteiger charge is -2.14. The van der Waals surface area contributed by atoms with Crippen molar-refractivity contribution >= 4 is 17.2 Å². The molecule has 4 aromatic rings. The standard InChI is InChI=1S/C26H23N3O6/c1-33-23-11-16(12-24(34-2)26(23)35-3)25(30)21-15-28(18-8-6-7-17(27)13-18)14-20(21)19-9-4-5-10-22(19)29(31)32/h4-15H,27H2,1-3H3. The van der Waals surface area contributed by atoms with E-state index in [9.17, 15) is 14.9 Å². The van der Waals surface area contributed by atoms with E-state index in [1.807, 2.05) is 6.07 Å². The van der Waals surface area contributed by atoms with E-state index in [0.717, 1.165) is 0 Å². The van der Waals surface area contributed by atoms with Crippen LogP contribution in [-0.2, 0) is 0 Å². The van der Waals surface area contributed by atoms with Gasteiger partial charge in [-0.25, -0.2) is 0 Å². The molecule has 0 fully saturated rings. The number of ketones is 1. The fourth-order valence-corrected chi connectivity index (χ4v) is 3.91. The van der Waals surface area contributed by atoms with Gasteiger partial charge < -0.3 is 24.5 Å². The molecule has 0 saturated carbocycles. The number of aromatic nitrogens is 1. The number of para-hydroxylation sites is 1. The number of nitrogens with two attached hydrogens (primary N) is 1. The van der Waals surface area contributed by atoms with Gasteiger partial charge in [-0.3, -0.25) is 14.9 Å². The number of nitrogens with zero attached hydrogens (tertiary/aromatic N) is 2. The van der Waals surface area contributed by atoms with E-state index in [-0.39, 0.29) is 22.6 Å². The van der Waals surface area contributed by atoms with Crippen LogP contribution in [0.1, 0.15) is 15.9 Å². The largest absolute Gasteiger partial charge is 0.493 e. The lowest BCUT2D eigenvalue weighted by atomic mass is 9.96. The number of benzene rings is 3. The quantitative estimate of drug-likeness (QED) is 0.167. The fourth-order valence-electron chi connectivity index (χ4n) is 3.91. The van der Waals surface area contributed by atoms with Crippen LogP contribution in [0.15, 0.2) is 73.1 Å². The first kappa shape index (κ1) is 23.4. The summed E-state index contributed by atoms with van der Waals surface area (Å²) in [7, 11) is 4.39. The molecule has 1 heterocycles. The van der Waals surface area contributed by atoms with E-state index in [0.29, 0.717) is 39.8 Å². The van der Waals surface area contributed by atoms with Crippen LogP contribution in [0.4, 0.5) is 11.4 Å². The monoisotopic (exact) mass is 473 g/mol. The van der Waals surface area contributed by atoms with Crippen molar-refractivity contribution in [3.63, 3.8) is 0 Å².